The van der Waals surface area contributed by atoms with Gasteiger partial charge in [-0.05, 0) is 41.1 Å². The van der Waals surface area contributed by atoms with E-state index in [4.69, 9.17) is 4.43 Å². The normalized spacial score (nSPS) is 20.2. The van der Waals surface area contributed by atoms with E-state index in [1.165, 1.54) is 36.9 Å². The molecule has 1 aliphatic rings. The predicted octanol–water partition coefficient (Wildman–Crippen LogP) is 5.41. The highest BCUT2D eigenvalue weighted by atomic mass is 28.4. The van der Waals surface area contributed by atoms with E-state index in [1.807, 2.05) is 0 Å². The summed E-state index contributed by atoms with van der Waals surface area (Å²) in [7, 11) is -1.79. The van der Waals surface area contributed by atoms with Crippen LogP contribution in [-0.4, -0.2) is 8.32 Å². The van der Waals surface area contributed by atoms with Crippen molar-refractivity contribution >= 4 is 13.5 Å². The average molecular weight is 305 g/mol. The molecule has 1 aliphatic heterocycles. The number of hydrogen-bond acceptors (Lipinski definition) is 1. The molecule has 0 saturated carbocycles. The van der Waals surface area contributed by atoms with E-state index in [-0.39, 0.29) is 0 Å². The molecule has 1 atom stereocenters. The summed E-state index contributed by atoms with van der Waals surface area (Å²) >= 11 is 0. The summed E-state index contributed by atoms with van der Waals surface area (Å²) in [5, 5.41) is 1.61. The van der Waals surface area contributed by atoms with Crippen molar-refractivity contribution in [1.29, 1.82) is 0 Å². The predicted molar refractivity (Wildman–Crippen MR) is 94.5 cm³/mol. The van der Waals surface area contributed by atoms with Crippen LogP contribution in [0, 0.1) is 11.8 Å². The molecule has 2 rings (SSSR count). The molecule has 118 valence electrons. The number of fused-ring (bicyclic) bond motifs is 1. The summed E-state index contributed by atoms with van der Waals surface area (Å²) in [5.41, 5.74) is 1.51. The lowest BCUT2D eigenvalue weighted by atomic mass is 10.0. The minimum atomic E-state index is -1.79. The largest absolute Gasteiger partial charge is 0.405 e. The Bertz CT molecular complexity index is 443. The molecule has 0 fully saturated rings. The molecule has 0 radical (unpaired) electrons. The molecule has 1 aromatic carbocycles. The lowest BCUT2D eigenvalue weighted by molar-refractivity contribution is 0.192. The Hall–Kier alpha value is -0.603. The third-order valence-corrected chi connectivity index (χ3v) is 9.59. The molecule has 1 nitrogen and oxygen atoms in total. The zero-order valence-electron chi connectivity index (χ0n) is 14.5. The summed E-state index contributed by atoms with van der Waals surface area (Å²) in [6.45, 7) is 11.7. The maximum Gasteiger partial charge on any atom is 0.225 e. The fraction of sp³-hybridized carbons (Fsp3) is 0.684. The summed E-state index contributed by atoms with van der Waals surface area (Å²) < 4.78 is 6.88. The van der Waals surface area contributed by atoms with E-state index in [1.54, 1.807) is 5.19 Å². The smallest absolute Gasteiger partial charge is 0.225 e. The Labute approximate surface area is 132 Å². The summed E-state index contributed by atoms with van der Waals surface area (Å²) in [5.74, 6) is 1.43. The van der Waals surface area contributed by atoms with E-state index < -0.39 is 8.32 Å². The van der Waals surface area contributed by atoms with Gasteiger partial charge in [0.25, 0.3) is 0 Å². The van der Waals surface area contributed by atoms with Crippen molar-refractivity contribution in [2.24, 2.45) is 11.8 Å². The van der Waals surface area contributed by atoms with Crippen LogP contribution >= 0.6 is 0 Å². The standard InChI is InChI=1S/C19H32OSi/c1-6-7-11-18-17-10-8-9-12-19(17)21(20-18,13-15(2)3)14-16(4)5/h8-10,12,15-16,18H,6-7,11,13-14H2,1-5H3. The van der Waals surface area contributed by atoms with Crippen molar-refractivity contribution in [3.8, 4) is 0 Å². The Balaban J connectivity index is 2.36. The molecular weight excluding hydrogens is 272 g/mol. The SMILES string of the molecule is CCCCC1O[Si](CC(C)C)(CC(C)C)c2ccccc21. The van der Waals surface area contributed by atoms with Crippen molar-refractivity contribution in [3.05, 3.63) is 29.8 Å². The van der Waals surface area contributed by atoms with Crippen LogP contribution in [0.3, 0.4) is 0 Å². The highest BCUT2D eigenvalue weighted by Gasteiger charge is 2.47. The maximum absolute atomic E-state index is 6.88. The van der Waals surface area contributed by atoms with Gasteiger partial charge in [0.2, 0.25) is 8.32 Å². The molecule has 2 heteroatoms. The molecule has 0 aromatic heterocycles. The van der Waals surface area contributed by atoms with Crippen LogP contribution in [0.4, 0.5) is 0 Å². The molecule has 0 amide bonds. The summed E-state index contributed by atoms with van der Waals surface area (Å²) in [6.07, 6.45) is 4.08. The van der Waals surface area contributed by atoms with Gasteiger partial charge in [-0.2, -0.15) is 0 Å². The number of rotatable bonds is 7. The topological polar surface area (TPSA) is 9.23 Å². The first-order valence-corrected chi connectivity index (χ1v) is 11.1. The summed E-state index contributed by atoms with van der Waals surface area (Å²) in [4.78, 5) is 0. The van der Waals surface area contributed by atoms with Crippen LogP contribution in [0.25, 0.3) is 0 Å². The fourth-order valence-corrected chi connectivity index (χ4v) is 9.44. The van der Waals surface area contributed by atoms with E-state index in [0.717, 1.165) is 0 Å². The number of hydrogen-bond donors (Lipinski definition) is 0. The Morgan fingerprint density at radius 1 is 1.05 bits per heavy atom. The van der Waals surface area contributed by atoms with Gasteiger partial charge < -0.3 is 4.43 Å². The van der Waals surface area contributed by atoms with Crippen LogP contribution in [0.2, 0.25) is 12.1 Å². The molecule has 0 saturated heterocycles. The first-order chi connectivity index (χ1) is 9.98. The van der Waals surface area contributed by atoms with Crippen molar-refractivity contribution in [2.45, 2.75) is 72.1 Å². The van der Waals surface area contributed by atoms with Gasteiger partial charge in [0.05, 0.1) is 6.10 Å². The van der Waals surface area contributed by atoms with Gasteiger partial charge in [-0.1, -0.05) is 71.7 Å². The van der Waals surface area contributed by atoms with Gasteiger partial charge in [-0.25, -0.2) is 0 Å². The minimum Gasteiger partial charge on any atom is -0.405 e. The fourth-order valence-electron chi connectivity index (χ4n) is 3.91. The number of unbranched alkanes of at least 4 members (excludes halogenated alkanes) is 1. The maximum atomic E-state index is 6.88. The second-order valence-corrected chi connectivity index (χ2v) is 11.1. The Morgan fingerprint density at radius 2 is 1.67 bits per heavy atom. The Kier molecular flexibility index (Phi) is 5.67. The molecule has 0 bridgehead atoms. The van der Waals surface area contributed by atoms with Crippen LogP contribution in [0.5, 0.6) is 0 Å². The highest BCUT2D eigenvalue weighted by molar-refractivity contribution is 6.87. The molecule has 1 unspecified atom stereocenters. The van der Waals surface area contributed by atoms with E-state index in [2.05, 4.69) is 58.9 Å². The second kappa shape index (κ2) is 7.10. The monoisotopic (exact) mass is 304 g/mol. The van der Waals surface area contributed by atoms with Crippen LogP contribution in [0.1, 0.15) is 65.5 Å². The van der Waals surface area contributed by atoms with Crippen molar-refractivity contribution in [2.75, 3.05) is 0 Å². The van der Waals surface area contributed by atoms with E-state index in [0.29, 0.717) is 17.9 Å². The zero-order valence-corrected chi connectivity index (χ0v) is 15.5. The quantitative estimate of drug-likeness (QED) is 0.612. The average Bonchev–Trinajstić information content (AvgIpc) is 2.69. The van der Waals surface area contributed by atoms with Gasteiger partial charge in [-0.15, -0.1) is 0 Å². The van der Waals surface area contributed by atoms with Gasteiger partial charge in [0.15, 0.2) is 0 Å². The van der Waals surface area contributed by atoms with Gasteiger partial charge >= 0.3 is 0 Å². The van der Waals surface area contributed by atoms with Crippen LogP contribution in [0.15, 0.2) is 24.3 Å². The summed E-state index contributed by atoms with van der Waals surface area (Å²) in [6, 6.07) is 11.6. The zero-order chi connectivity index (χ0) is 15.5. The van der Waals surface area contributed by atoms with Crippen LogP contribution < -0.4 is 5.19 Å². The van der Waals surface area contributed by atoms with Crippen molar-refractivity contribution < 1.29 is 4.43 Å². The first kappa shape index (κ1) is 16.8. The lowest BCUT2D eigenvalue weighted by Crippen LogP contribution is -2.49. The minimum absolute atomic E-state index is 0.366. The molecule has 0 N–H and O–H groups in total. The molecule has 1 aromatic rings. The van der Waals surface area contributed by atoms with Crippen LogP contribution in [-0.2, 0) is 4.43 Å². The van der Waals surface area contributed by atoms with Gasteiger partial charge in [0.1, 0.15) is 0 Å². The highest BCUT2D eigenvalue weighted by Crippen LogP contribution is 2.40. The van der Waals surface area contributed by atoms with E-state index in [9.17, 15) is 0 Å². The first-order valence-electron chi connectivity index (χ1n) is 8.75. The molecule has 0 aliphatic carbocycles. The van der Waals surface area contributed by atoms with Gasteiger partial charge in [-0.3, -0.25) is 0 Å². The van der Waals surface area contributed by atoms with E-state index >= 15 is 0 Å². The lowest BCUT2D eigenvalue weighted by Gasteiger charge is -2.31. The molecule has 0 spiro atoms. The Morgan fingerprint density at radius 3 is 2.24 bits per heavy atom. The second-order valence-electron chi connectivity index (χ2n) is 7.53. The molecule has 21 heavy (non-hydrogen) atoms. The third kappa shape index (κ3) is 3.78. The van der Waals surface area contributed by atoms with Gasteiger partial charge in [0, 0.05) is 0 Å². The van der Waals surface area contributed by atoms with Crippen molar-refractivity contribution in [3.63, 3.8) is 0 Å². The molecule has 1 heterocycles. The third-order valence-electron chi connectivity index (χ3n) is 4.46. The van der Waals surface area contributed by atoms with Crippen molar-refractivity contribution in [1.82, 2.24) is 0 Å². The molecular formula is C19H32OSi. The number of benzene rings is 1.